The number of carbonyl (C=O) groups is 1. The monoisotopic (exact) mass is 482 g/mol. The Hall–Kier alpha value is -3.52. The molecule has 1 atom stereocenters. The number of allylic oxidation sites excluding steroid dienone is 1. The van der Waals surface area contributed by atoms with Crippen molar-refractivity contribution in [3.63, 3.8) is 0 Å². The molecule has 34 heavy (non-hydrogen) atoms. The van der Waals surface area contributed by atoms with Gasteiger partial charge in [-0.2, -0.15) is 10.1 Å². The summed E-state index contributed by atoms with van der Waals surface area (Å²) in [5.41, 5.74) is 2.81. The summed E-state index contributed by atoms with van der Waals surface area (Å²) in [6, 6.07) is 12.5. The van der Waals surface area contributed by atoms with Gasteiger partial charge < -0.3 is 19.5 Å². The van der Waals surface area contributed by atoms with Gasteiger partial charge in [0.1, 0.15) is 19.0 Å². The van der Waals surface area contributed by atoms with Crippen molar-refractivity contribution in [3.05, 3.63) is 76.2 Å². The maximum Gasteiger partial charge on any atom is 0.338 e. The van der Waals surface area contributed by atoms with Gasteiger partial charge in [-0.1, -0.05) is 49.2 Å². The number of anilines is 1. The molecule has 2 aromatic carbocycles. The molecular weight excluding hydrogens is 456 g/mol. The fraction of sp³-hybridized carbons (Fsp3) is 0.320. The average molecular weight is 483 g/mol. The van der Waals surface area contributed by atoms with Crippen molar-refractivity contribution in [2.75, 3.05) is 19.0 Å². The lowest BCUT2D eigenvalue weighted by Gasteiger charge is -2.28. The van der Waals surface area contributed by atoms with E-state index in [0.717, 1.165) is 24.0 Å². The van der Waals surface area contributed by atoms with Crippen molar-refractivity contribution in [1.82, 2.24) is 14.8 Å². The quantitative estimate of drug-likeness (QED) is 0.333. The van der Waals surface area contributed by atoms with Gasteiger partial charge in [0.05, 0.1) is 19.3 Å². The molecule has 178 valence electrons. The second-order valence-corrected chi connectivity index (χ2v) is 8.28. The van der Waals surface area contributed by atoms with Gasteiger partial charge in [-0.25, -0.2) is 9.48 Å². The Morgan fingerprint density at radius 2 is 2.03 bits per heavy atom. The number of hydrogen-bond acceptors (Lipinski definition) is 7. The van der Waals surface area contributed by atoms with Gasteiger partial charge in [-0.15, -0.1) is 0 Å². The lowest BCUT2D eigenvalue weighted by Crippen LogP contribution is -2.29. The van der Waals surface area contributed by atoms with E-state index >= 15 is 0 Å². The number of carbonyl (C=O) groups excluding carboxylic acids is 1. The largest absolute Gasteiger partial charge is 0.493 e. The zero-order valence-electron chi connectivity index (χ0n) is 19.4. The van der Waals surface area contributed by atoms with Crippen molar-refractivity contribution in [2.24, 2.45) is 0 Å². The van der Waals surface area contributed by atoms with E-state index in [4.69, 9.17) is 25.8 Å². The summed E-state index contributed by atoms with van der Waals surface area (Å²) in [6.07, 6.45) is 3.19. The summed E-state index contributed by atoms with van der Waals surface area (Å²) in [6.45, 7) is 4.54. The molecule has 0 amide bonds. The maximum absolute atomic E-state index is 13.1. The van der Waals surface area contributed by atoms with Crippen LogP contribution in [0, 0.1) is 0 Å². The molecule has 1 N–H and O–H groups in total. The summed E-state index contributed by atoms with van der Waals surface area (Å²) in [5.74, 6) is 1.25. The van der Waals surface area contributed by atoms with Crippen molar-refractivity contribution >= 4 is 23.5 Å². The van der Waals surface area contributed by atoms with Crippen LogP contribution in [-0.2, 0) is 16.1 Å². The number of fused-ring (bicyclic) bond motifs is 1. The number of nitrogens with zero attached hydrogens (tertiary/aromatic N) is 3. The van der Waals surface area contributed by atoms with Gasteiger partial charge in [0.25, 0.3) is 0 Å². The van der Waals surface area contributed by atoms with Crippen molar-refractivity contribution in [2.45, 2.75) is 39.3 Å². The van der Waals surface area contributed by atoms with Crippen LogP contribution in [0.2, 0.25) is 5.02 Å². The molecule has 1 aromatic heterocycles. The lowest BCUT2D eigenvalue weighted by atomic mass is 9.95. The smallest absolute Gasteiger partial charge is 0.338 e. The highest BCUT2D eigenvalue weighted by Gasteiger charge is 2.34. The number of esters is 1. The van der Waals surface area contributed by atoms with Crippen LogP contribution in [0.3, 0.4) is 0 Å². The Bertz CT molecular complexity index is 1210. The Morgan fingerprint density at radius 3 is 2.79 bits per heavy atom. The molecule has 1 aliphatic heterocycles. The van der Waals surface area contributed by atoms with E-state index in [1.54, 1.807) is 11.8 Å². The molecule has 9 heteroatoms. The molecule has 1 unspecified atom stereocenters. The standard InChI is InChI=1S/C25H27ClN4O4/c1-4-5-12-33-24(31)22-16(2)29-25-27-15-28-30(25)23(22)17-10-11-20(21(13-17)32-3)34-14-18-8-6-7-9-19(18)26/h6-11,13,15,23H,4-5,12,14H2,1-3H3,(H,27,28,29). The van der Waals surface area contributed by atoms with Gasteiger partial charge in [-0.3, -0.25) is 0 Å². The molecule has 0 saturated heterocycles. The van der Waals surface area contributed by atoms with Crippen LogP contribution in [-0.4, -0.2) is 34.5 Å². The fourth-order valence-electron chi connectivity index (χ4n) is 3.79. The van der Waals surface area contributed by atoms with Gasteiger partial charge in [-0.05, 0) is 37.1 Å². The number of ether oxygens (including phenoxy) is 3. The molecule has 0 fully saturated rings. The van der Waals surface area contributed by atoms with E-state index in [1.165, 1.54) is 6.33 Å². The maximum atomic E-state index is 13.1. The van der Waals surface area contributed by atoms with Crippen LogP contribution < -0.4 is 14.8 Å². The topological polar surface area (TPSA) is 87.5 Å². The van der Waals surface area contributed by atoms with Crippen LogP contribution in [0.1, 0.15) is 43.9 Å². The van der Waals surface area contributed by atoms with Gasteiger partial charge >= 0.3 is 5.97 Å². The minimum Gasteiger partial charge on any atom is -0.493 e. The number of benzene rings is 2. The minimum atomic E-state index is -0.528. The number of unbranched alkanes of at least 4 members (excludes halogenated alkanes) is 1. The molecule has 2 heterocycles. The van der Waals surface area contributed by atoms with E-state index in [9.17, 15) is 4.79 Å². The number of hydrogen-bond donors (Lipinski definition) is 1. The molecule has 0 aliphatic carbocycles. The van der Waals surface area contributed by atoms with E-state index in [1.807, 2.05) is 56.3 Å². The van der Waals surface area contributed by atoms with E-state index in [-0.39, 0.29) is 5.97 Å². The fourth-order valence-corrected chi connectivity index (χ4v) is 3.99. The molecule has 0 spiro atoms. The highest BCUT2D eigenvalue weighted by molar-refractivity contribution is 6.31. The summed E-state index contributed by atoms with van der Waals surface area (Å²) in [5, 5.41) is 8.14. The first-order chi connectivity index (χ1) is 16.5. The van der Waals surface area contributed by atoms with E-state index < -0.39 is 6.04 Å². The second kappa shape index (κ2) is 10.6. The molecule has 0 saturated carbocycles. The van der Waals surface area contributed by atoms with Crippen LogP contribution in [0.25, 0.3) is 0 Å². The minimum absolute atomic E-state index is 0.296. The predicted octanol–water partition coefficient (Wildman–Crippen LogP) is 5.15. The van der Waals surface area contributed by atoms with Crippen LogP contribution in [0.15, 0.2) is 60.1 Å². The number of halogens is 1. The van der Waals surface area contributed by atoms with Crippen LogP contribution >= 0.6 is 11.6 Å². The molecular formula is C25H27ClN4O4. The second-order valence-electron chi connectivity index (χ2n) is 7.87. The van der Waals surface area contributed by atoms with Crippen molar-refractivity contribution in [3.8, 4) is 11.5 Å². The van der Waals surface area contributed by atoms with Crippen LogP contribution in [0.5, 0.6) is 11.5 Å². The molecule has 0 radical (unpaired) electrons. The highest BCUT2D eigenvalue weighted by Crippen LogP contribution is 2.39. The highest BCUT2D eigenvalue weighted by atomic mass is 35.5. The Morgan fingerprint density at radius 1 is 1.21 bits per heavy atom. The SMILES string of the molecule is CCCCOC(=O)C1=C(C)Nc2ncnn2C1c1ccc(OCc2ccccc2Cl)c(OC)c1. The summed E-state index contributed by atoms with van der Waals surface area (Å²) in [4.78, 5) is 17.3. The van der Waals surface area contributed by atoms with Crippen LogP contribution in [0.4, 0.5) is 5.95 Å². The Balaban J connectivity index is 1.65. The molecule has 4 rings (SSSR count). The first kappa shape index (κ1) is 23.6. The molecule has 3 aromatic rings. The van der Waals surface area contributed by atoms with Gasteiger partial charge in [0.2, 0.25) is 5.95 Å². The van der Waals surface area contributed by atoms with E-state index in [0.29, 0.717) is 47.0 Å². The zero-order chi connectivity index (χ0) is 24.1. The number of rotatable bonds is 9. The molecule has 8 nitrogen and oxygen atoms in total. The predicted molar refractivity (Wildman–Crippen MR) is 129 cm³/mol. The van der Waals surface area contributed by atoms with Gasteiger partial charge in [0, 0.05) is 16.3 Å². The third-order valence-electron chi connectivity index (χ3n) is 5.59. The van der Waals surface area contributed by atoms with E-state index in [2.05, 4.69) is 15.4 Å². The Labute approximate surface area is 203 Å². The molecule has 0 bridgehead atoms. The van der Waals surface area contributed by atoms with Crippen molar-refractivity contribution < 1.29 is 19.0 Å². The first-order valence-electron chi connectivity index (χ1n) is 11.1. The van der Waals surface area contributed by atoms with Gasteiger partial charge in [0.15, 0.2) is 11.5 Å². The average Bonchev–Trinajstić information content (AvgIpc) is 3.30. The lowest BCUT2D eigenvalue weighted by molar-refractivity contribution is -0.139. The summed E-state index contributed by atoms with van der Waals surface area (Å²) >= 11 is 6.25. The number of methoxy groups -OCH3 is 1. The van der Waals surface area contributed by atoms with Crippen molar-refractivity contribution in [1.29, 1.82) is 0 Å². The first-order valence-corrected chi connectivity index (χ1v) is 11.5. The summed E-state index contributed by atoms with van der Waals surface area (Å²) < 4.78 is 18.8. The normalized spacial score (nSPS) is 14.9. The number of aromatic nitrogens is 3. The number of nitrogens with one attached hydrogen (secondary N) is 1. The Kier molecular flexibility index (Phi) is 7.37. The molecule has 1 aliphatic rings. The third kappa shape index (κ3) is 4.87. The summed E-state index contributed by atoms with van der Waals surface area (Å²) in [7, 11) is 1.58. The third-order valence-corrected chi connectivity index (χ3v) is 5.96. The zero-order valence-corrected chi connectivity index (χ0v) is 20.1.